The molecule has 7 nitrogen and oxygen atoms in total. The van der Waals surface area contributed by atoms with Crippen LogP contribution in [0.4, 0.5) is 0 Å². The third-order valence-electron chi connectivity index (χ3n) is 9.18. The van der Waals surface area contributed by atoms with E-state index in [9.17, 15) is 14.4 Å². The number of amides is 2. The van der Waals surface area contributed by atoms with Gasteiger partial charge < -0.3 is 14.8 Å². The van der Waals surface area contributed by atoms with E-state index in [1.165, 1.54) is 31.2 Å². The molecule has 3 atom stereocenters. The number of nitrogens with one attached hydrogen (secondary N) is 1. The molecule has 3 aromatic rings. The number of carbonyl (C=O) groups excluding carboxylic acids is 3. The summed E-state index contributed by atoms with van der Waals surface area (Å²) in [5.41, 5.74) is 2.81. The fourth-order valence-electron chi connectivity index (χ4n) is 6.85. The maximum absolute atomic E-state index is 13.9. The van der Waals surface area contributed by atoms with Crippen molar-refractivity contribution in [2.75, 3.05) is 13.1 Å². The molecule has 3 aliphatic rings. The number of para-hydroxylation sites is 1. The lowest BCUT2D eigenvalue weighted by Crippen LogP contribution is -2.53. The minimum absolute atomic E-state index is 0.00668. The Kier molecular flexibility index (Phi) is 6.56. The van der Waals surface area contributed by atoms with Gasteiger partial charge in [0.05, 0.1) is 23.7 Å². The molecule has 3 fully saturated rings. The van der Waals surface area contributed by atoms with E-state index in [1.54, 1.807) is 0 Å². The number of fused-ring (bicyclic) bond motifs is 3. The fourth-order valence-corrected chi connectivity index (χ4v) is 6.85. The van der Waals surface area contributed by atoms with Crippen LogP contribution in [0.2, 0.25) is 0 Å². The van der Waals surface area contributed by atoms with Crippen molar-refractivity contribution < 1.29 is 14.4 Å². The van der Waals surface area contributed by atoms with Gasteiger partial charge in [0.15, 0.2) is 5.78 Å². The Labute approximate surface area is 230 Å². The molecule has 2 bridgehead atoms. The van der Waals surface area contributed by atoms with Crippen molar-refractivity contribution in [2.45, 2.75) is 77.3 Å². The van der Waals surface area contributed by atoms with Crippen LogP contribution in [0.25, 0.3) is 10.9 Å². The molecule has 2 aliphatic heterocycles. The number of carbonyl (C=O) groups is 3. The highest BCUT2D eigenvalue weighted by atomic mass is 16.2. The molecule has 4 heterocycles. The summed E-state index contributed by atoms with van der Waals surface area (Å²) in [4.78, 5) is 52.1. The Morgan fingerprint density at radius 3 is 2.36 bits per heavy atom. The first-order chi connectivity index (χ1) is 18.7. The Hall–Kier alpha value is -3.48. The lowest BCUT2D eigenvalue weighted by molar-refractivity contribution is -0.141. The van der Waals surface area contributed by atoms with E-state index in [0.717, 1.165) is 17.3 Å². The molecule has 1 saturated carbocycles. The number of aromatic amines is 1. The number of H-pyrrole nitrogens is 1. The monoisotopic (exact) mass is 526 g/mol. The number of hydrogen-bond donors (Lipinski definition) is 1. The lowest BCUT2D eigenvalue weighted by Gasteiger charge is -2.39. The van der Waals surface area contributed by atoms with E-state index < -0.39 is 5.92 Å². The number of piperazine rings is 1. The van der Waals surface area contributed by atoms with Crippen LogP contribution in [-0.2, 0) is 4.79 Å². The highest BCUT2D eigenvalue weighted by Crippen LogP contribution is 2.38. The van der Waals surface area contributed by atoms with E-state index in [0.29, 0.717) is 30.4 Å². The van der Waals surface area contributed by atoms with Crippen molar-refractivity contribution in [1.29, 1.82) is 0 Å². The molecule has 1 aliphatic carbocycles. The second-order valence-electron chi connectivity index (χ2n) is 12.8. The summed E-state index contributed by atoms with van der Waals surface area (Å²) >= 11 is 0. The number of rotatable bonds is 6. The molecule has 2 amide bonds. The van der Waals surface area contributed by atoms with Gasteiger partial charge >= 0.3 is 0 Å². The minimum Gasteiger partial charge on any atom is -0.352 e. The number of ketones is 1. The molecular formula is C32H38N4O3. The van der Waals surface area contributed by atoms with Crippen LogP contribution >= 0.6 is 0 Å². The normalized spacial score (nSPS) is 22.1. The number of Topliss-reactive ketones (excluding diaryl/α,β-unsaturated/α-hetero) is 1. The van der Waals surface area contributed by atoms with Crippen molar-refractivity contribution in [1.82, 2.24) is 19.8 Å². The molecule has 39 heavy (non-hydrogen) atoms. The van der Waals surface area contributed by atoms with Crippen LogP contribution in [0.15, 0.2) is 48.7 Å². The highest BCUT2D eigenvalue weighted by molar-refractivity contribution is 6.01. The van der Waals surface area contributed by atoms with E-state index in [4.69, 9.17) is 0 Å². The molecule has 2 saturated heterocycles. The van der Waals surface area contributed by atoms with Gasteiger partial charge in [0.25, 0.3) is 5.91 Å². The smallest absolute Gasteiger partial charge is 0.272 e. The topological polar surface area (TPSA) is 86.4 Å². The number of benzene rings is 1. The zero-order valence-electron chi connectivity index (χ0n) is 23.2. The summed E-state index contributed by atoms with van der Waals surface area (Å²) in [7, 11) is 0. The quantitative estimate of drug-likeness (QED) is 0.425. The van der Waals surface area contributed by atoms with Gasteiger partial charge in [-0.15, -0.1) is 0 Å². The number of pyridine rings is 1. The van der Waals surface area contributed by atoms with Gasteiger partial charge in [-0.05, 0) is 54.4 Å². The average molecular weight is 527 g/mol. The van der Waals surface area contributed by atoms with Gasteiger partial charge in [-0.1, -0.05) is 57.9 Å². The van der Waals surface area contributed by atoms with E-state index in [1.807, 2.05) is 73.2 Å². The first-order valence-corrected chi connectivity index (χ1v) is 14.4. The SMILES string of the molecule is CC(C)(C)[C@H](CC(=O)c1cc2ccccc2[nH]1)C(=O)N1C[C@@H]2C[C@H]1CN2C(=O)c1ccc(C2CCCC2)cn1. The molecule has 1 N–H and O–H groups in total. The van der Waals surface area contributed by atoms with Gasteiger partial charge in [-0.25, -0.2) is 0 Å². The largest absolute Gasteiger partial charge is 0.352 e. The molecular weight excluding hydrogens is 488 g/mol. The van der Waals surface area contributed by atoms with Crippen molar-refractivity contribution in [2.24, 2.45) is 11.3 Å². The lowest BCUT2D eigenvalue weighted by atomic mass is 9.76. The molecule has 2 aromatic heterocycles. The minimum atomic E-state index is -0.440. The van der Waals surface area contributed by atoms with Crippen molar-refractivity contribution in [3.8, 4) is 0 Å². The van der Waals surface area contributed by atoms with Gasteiger partial charge in [-0.2, -0.15) is 0 Å². The third kappa shape index (κ3) is 4.88. The number of nitrogens with zero attached hydrogens (tertiary/aromatic N) is 3. The Balaban J connectivity index is 1.12. The first kappa shape index (κ1) is 25.8. The molecule has 7 heteroatoms. The summed E-state index contributed by atoms with van der Waals surface area (Å²) in [5.74, 6) is 0.0553. The molecule has 204 valence electrons. The Morgan fingerprint density at radius 2 is 1.72 bits per heavy atom. The van der Waals surface area contributed by atoms with Crippen LogP contribution in [0.3, 0.4) is 0 Å². The van der Waals surface area contributed by atoms with Crippen LogP contribution in [-0.4, -0.2) is 62.5 Å². The summed E-state index contributed by atoms with van der Waals surface area (Å²) < 4.78 is 0. The summed E-state index contributed by atoms with van der Waals surface area (Å²) in [6, 6.07) is 13.6. The zero-order valence-corrected chi connectivity index (χ0v) is 23.2. The molecule has 1 aromatic carbocycles. The molecule has 0 spiro atoms. The zero-order chi connectivity index (χ0) is 27.3. The second kappa shape index (κ2) is 9.92. The Bertz CT molecular complexity index is 1360. The fraction of sp³-hybridized carbons (Fsp3) is 0.500. The van der Waals surface area contributed by atoms with E-state index in [-0.39, 0.29) is 41.5 Å². The standard InChI is InChI=1S/C32H38N4O3/c1-32(2,3)25(16-29(37)28-14-21-10-6-7-11-26(21)34-28)30(38)35-18-24-15-23(35)19-36(24)31(39)27-13-12-22(17-33-27)20-8-4-5-9-20/h6-7,10-14,17,20,23-25,34H,4-5,8-9,15-16,18-19H2,1-3H3/t23-,24-,25+/m0/s1. The van der Waals surface area contributed by atoms with Crippen molar-refractivity contribution in [3.05, 3.63) is 65.6 Å². The maximum Gasteiger partial charge on any atom is 0.272 e. The van der Waals surface area contributed by atoms with Crippen LogP contribution < -0.4 is 0 Å². The van der Waals surface area contributed by atoms with Crippen molar-refractivity contribution in [3.63, 3.8) is 0 Å². The van der Waals surface area contributed by atoms with Gasteiger partial charge in [-0.3, -0.25) is 19.4 Å². The molecule has 0 radical (unpaired) electrons. The van der Waals surface area contributed by atoms with Crippen molar-refractivity contribution >= 4 is 28.5 Å². The third-order valence-corrected chi connectivity index (χ3v) is 9.18. The number of aromatic nitrogens is 2. The van der Waals surface area contributed by atoms with Gasteiger partial charge in [0.2, 0.25) is 5.91 Å². The Morgan fingerprint density at radius 1 is 1.00 bits per heavy atom. The van der Waals surface area contributed by atoms with Crippen LogP contribution in [0.5, 0.6) is 0 Å². The van der Waals surface area contributed by atoms with Gasteiger partial charge in [0, 0.05) is 36.6 Å². The summed E-state index contributed by atoms with van der Waals surface area (Å²) in [5, 5.41) is 0.990. The summed E-state index contributed by atoms with van der Waals surface area (Å²) in [6.07, 6.45) is 7.77. The second-order valence-corrected chi connectivity index (χ2v) is 12.8. The predicted molar refractivity (Wildman–Crippen MR) is 151 cm³/mol. The van der Waals surface area contributed by atoms with E-state index in [2.05, 4.69) is 16.0 Å². The number of hydrogen-bond acceptors (Lipinski definition) is 4. The maximum atomic E-state index is 13.9. The molecule has 6 rings (SSSR count). The first-order valence-electron chi connectivity index (χ1n) is 14.4. The van der Waals surface area contributed by atoms with Gasteiger partial charge in [0.1, 0.15) is 5.69 Å². The summed E-state index contributed by atoms with van der Waals surface area (Å²) in [6.45, 7) is 7.12. The van der Waals surface area contributed by atoms with E-state index >= 15 is 0 Å². The average Bonchev–Trinajstić information content (AvgIpc) is 3.73. The molecule has 0 unspecified atom stereocenters. The number of likely N-dealkylation sites (tertiary alicyclic amines) is 2. The highest BCUT2D eigenvalue weighted by Gasteiger charge is 2.50. The van der Waals surface area contributed by atoms with Crippen LogP contribution in [0.1, 0.15) is 91.8 Å². The van der Waals surface area contributed by atoms with Crippen LogP contribution in [0, 0.1) is 11.3 Å². The predicted octanol–water partition coefficient (Wildman–Crippen LogP) is 5.58.